The molecule has 1 aliphatic carbocycles. The molecular formula is C16H30Si. The van der Waals surface area contributed by atoms with Gasteiger partial charge in [-0.1, -0.05) is 56.8 Å². The molecule has 0 bridgehead atoms. The highest BCUT2D eigenvalue weighted by Crippen LogP contribution is 2.40. The molecule has 1 rings (SSSR count). The summed E-state index contributed by atoms with van der Waals surface area (Å²) in [4.78, 5) is 0. The minimum Gasteiger partial charge on any atom is -0.103 e. The summed E-state index contributed by atoms with van der Waals surface area (Å²) in [6, 6.07) is 0. The van der Waals surface area contributed by atoms with Crippen molar-refractivity contribution < 1.29 is 0 Å². The summed E-state index contributed by atoms with van der Waals surface area (Å²) in [7, 11) is -1.13. The van der Waals surface area contributed by atoms with E-state index in [1.807, 2.05) is 10.8 Å². The van der Waals surface area contributed by atoms with E-state index in [4.69, 9.17) is 0 Å². The highest BCUT2D eigenvalue weighted by molar-refractivity contribution is 6.83. The molecule has 0 aliphatic heterocycles. The van der Waals surface area contributed by atoms with Crippen molar-refractivity contribution >= 4 is 8.07 Å². The van der Waals surface area contributed by atoms with E-state index in [0.717, 1.165) is 11.8 Å². The predicted octanol–water partition coefficient (Wildman–Crippen LogP) is 5.58. The van der Waals surface area contributed by atoms with Crippen LogP contribution in [0.2, 0.25) is 19.6 Å². The van der Waals surface area contributed by atoms with Gasteiger partial charge in [-0.25, -0.2) is 0 Å². The van der Waals surface area contributed by atoms with Crippen LogP contribution in [0.15, 0.2) is 23.4 Å². The minimum atomic E-state index is -1.13. The Kier molecular flexibility index (Phi) is 5.24. The van der Waals surface area contributed by atoms with Crippen molar-refractivity contribution in [3.05, 3.63) is 23.4 Å². The van der Waals surface area contributed by atoms with Gasteiger partial charge >= 0.3 is 0 Å². The molecule has 17 heavy (non-hydrogen) atoms. The first-order valence-corrected chi connectivity index (χ1v) is 10.7. The molecule has 0 amide bonds. The molecule has 0 N–H and O–H groups in total. The van der Waals surface area contributed by atoms with E-state index in [-0.39, 0.29) is 0 Å². The lowest BCUT2D eigenvalue weighted by atomic mass is 9.79. The second-order valence-electron chi connectivity index (χ2n) is 6.72. The maximum absolute atomic E-state index is 4.03. The minimum absolute atomic E-state index is 0.724. The number of unbranched alkanes of at least 4 members (excludes halogenated alkanes) is 1. The van der Waals surface area contributed by atoms with Crippen LogP contribution in [0, 0.1) is 11.8 Å². The van der Waals surface area contributed by atoms with Crippen molar-refractivity contribution in [1.82, 2.24) is 0 Å². The molecule has 0 spiro atoms. The standard InChI is InChI=1S/C16H30Si/c1-7-9-10-15-11-13(3)14(8-2)12-16(15)17(4,5)6/h8,13-14H,2,7,9-12H2,1,3-6H3/t13-,14+/m1/s1. The molecule has 1 aliphatic rings. The average Bonchev–Trinajstić information content (AvgIpc) is 2.24. The third-order valence-electron chi connectivity index (χ3n) is 4.21. The van der Waals surface area contributed by atoms with E-state index in [1.54, 1.807) is 0 Å². The number of allylic oxidation sites excluding steroid dienone is 3. The van der Waals surface area contributed by atoms with E-state index in [0.29, 0.717) is 0 Å². The van der Waals surface area contributed by atoms with Crippen molar-refractivity contribution in [2.45, 2.75) is 65.6 Å². The van der Waals surface area contributed by atoms with Gasteiger partial charge in [0.25, 0.3) is 0 Å². The monoisotopic (exact) mass is 250 g/mol. The molecule has 0 unspecified atom stereocenters. The van der Waals surface area contributed by atoms with Gasteiger partial charge < -0.3 is 0 Å². The highest BCUT2D eigenvalue weighted by atomic mass is 28.3. The van der Waals surface area contributed by atoms with Crippen LogP contribution < -0.4 is 0 Å². The van der Waals surface area contributed by atoms with Gasteiger partial charge in [0.15, 0.2) is 0 Å². The third kappa shape index (κ3) is 3.84. The van der Waals surface area contributed by atoms with Crippen molar-refractivity contribution in [2.75, 3.05) is 0 Å². The average molecular weight is 251 g/mol. The van der Waals surface area contributed by atoms with Gasteiger partial charge in [0.2, 0.25) is 0 Å². The summed E-state index contributed by atoms with van der Waals surface area (Å²) in [5.41, 5.74) is 1.82. The summed E-state index contributed by atoms with van der Waals surface area (Å²) < 4.78 is 0. The maximum Gasteiger partial charge on any atom is 0.0724 e. The van der Waals surface area contributed by atoms with Gasteiger partial charge in [-0.05, 0) is 37.5 Å². The Labute approximate surface area is 109 Å². The van der Waals surface area contributed by atoms with Crippen LogP contribution in [0.1, 0.15) is 46.0 Å². The predicted molar refractivity (Wildman–Crippen MR) is 82.0 cm³/mol. The molecule has 98 valence electrons. The van der Waals surface area contributed by atoms with Crippen LogP contribution in [0.4, 0.5) is 0 Å². The van der Waals surface area contributed by atoms with Crippen molar-refractivity contribution in [1.29, 1.82) is 0 Å². The van der Waals surface area contributed by atoms with Crippen LogP contribution in [-0.2, 0) is 0 Å². The third-order valence-corrected chi connectivity index (χ3v) is 6.57. The van der Waals surface area contributed by atoms with Crippen LogP contribution in [0.25, 0.3) is 0 Å². The Morgan fingerprint density at radius 1 is 1.29 bits per heavy atom. The Bertz CT molecular complexity index is 293. The van der Waals surface area contributed by atoms with Gasteiger partial charge in [-0.2, -0.15) is 0 Å². The SMILES string of the molecule is C=C[C@H]1CC([Si](C)(C)C)=C(CCCC)C[C@H]1C. The molecule has 0 aromatic carbocycles. The molecule has 0 saturated heterocycles. The first-order chi connectivity index (χ1) is 7.90. The van der Waals surface area contributed by atoms with E-state index < -0.39 is 8.07 Å². The van der Waals surface area contributed by atoms with E-state index in [9.17, 15) is 0 Å². The van der Waals surface area contributed by atoms with Gasteiger partial charge in [0.05, 0.1) is 8.07 Å². The lowest BCUT2D eigenvalue weighted by Crippen LogP contribution is -2.31. The summed E-state index contributed by atoms with van der Waals surface area (Å²) in [5, 5.41) is 1.86. The van der Waals surface area contributed by atoms with E-state index in [2.05, 4.69) is 46.1 Å². The zero-order valence-electron chi connectivity index (χ0n) is 12.5. The Balaban J connectivity index is 2.96. The van der Waals surface area contributed by atoms with E-state index >= 15 is 0 Å². The Morgan fingerprint density at radius 2 is 1.94 bits per heavy atom. The zero-order chi connectivity index (χ0) is 13.1. The number of rotatable bonds is 5. The first-order valence-electron chi connectivity index (χ1n) is 7.24. The van der Waals surface area contributed by atoms with Gasteiger partial charge in [0.1, 0.15) is 0 Å². The fraction of sp³-hybridized carbons (Fsp3) is 0.750. The Morgan fingerprint density at radius 3 is 2.41 bits per heavy atom. The van der Waals surface area contributed by atoms with Crippen LogP contribution >= 0.6 is 0 Å². The molecule has 0 saturated carbocycles. The smallest absolute Gasteiger partial charge is 0.0724 e. The van der Waals surface area contributed by atoms with Gasteiger partial charge in [0, 0.05) is 0 Å². The highest BCUT2D eigenvalue weighted by Gasteiger charge is 2.31. The maximum atomic E-state index is 4.03. The fourth-order valence-electron chi connectivity index (χ4n) is 3.04. The summed E-state index contributed by atoms with van der Waals surface area (Å²) in [5.74, 6) is 1.53. The molecule has 0 aromatic heterocycles. The molecular weight excluding hydrogens is 220 g/mol. The molecule has 0 nitrogen and oxygen atoms in total. The van der Waals surface area contributed by atoms with Crippen molar-refractivity contribution in [3.63, 3.8) is 0 Å². The van der Waals surface area contributed by atoms with Crippen molar-refractivity contribution in [2.24, 2.45) is 11.8 Å². The largest absolute Gasteiger partial charge is 0.103 e. The van der Waals surface area contributed by atoms with Crippen molar-refractivity contribution in [3.8, 4) is 0 Å². The molecule has 0 fully saturated rings. The molecule has 0 radical (unpaired) electrons. The zero-order valence-corrected chi connectivity index (χ0v) is 13.5. The number of hydrogen-bond donors (Lipinski definition) is 0. The summed E-state index contributed by atoms with van der Waals surface area (Å²) >= 11 is 0. The first kappa shape index (κ1) is 14.8. The van der Waals surface area contributed by atoms with E-state index in [1.165, 1.54) is 32.1 Å². The molecule has 1 heteroatoms. The fourth-order valence-corrected chi connectivity index (χ4v) is 5.18. The van der Waals surface area contributed by atoms with Gasteiger partial charge in [-0.15, -0.1) is 6.58 Å². The lowest BCUT2D eigenvalue weighted by molar-refractivity contribution is 0.396. The molecule has 0 heterocycles. The Hall–Kier alpha value is -0.303. The molecule has 2 atom stereocenters. The summed E-state index contributed by atoms with van der Waals surface area (Å²) in [6.45, 7) is 16.2. The van der Waals surface area contributed by atoms with Crippen LogP contribution in [0.5, 0.6) is 0 Å². The topological polar surface area (TPSA) is 0 Å². The van der Waals surface area contributed by atoms with Crippen LogP contribution in [-0.4, -0.2) is 8.07 Å². The van der Waals surface area contributed by atoms with Gasteiger partial charge in [-0.3, -0.25) is 0 Å². The number of hydrogen-bond acceptors (Lipinski definition) is 0. The summed E-state index contributed by atoms with van der Waals surface area (Å²) in [6.07, 6.45) is 8.87. The quantitative estimate of drug-likeness (QED) is 0.441. The molecule has 0 aromatic rings. The van der Waals surface area contributed by atoms with Crippen LogP contribution in [0.3, 0.4) is 0 Å². The normalized spacial score (nSPS) is 26.2. The second kappa shape index (κ2) is 6.04. The second-order valence-corrected chi connectivity index (χ2v) is 11.8. The lowest BCUT2D eigenvalue weighted by Gasteiger charge is -2.36.